The number of amides is 1. The molecule has 0 radical (unpaired) electrons. The Bertz CT molecular complexity index is 842. The van der Waals surface area contributed by atoms with Crippen molar-refractivity contribution in [1.29, 1.82) is 0 Å². The van der Waals surface area contributed by atoms with Gasteiger partial charge >= 0.3 is 0 Å². The minimum atomic E-state index is -0.288. The first-order valence-corrected chi connectivity index (χ1v) is 6.76. The van der Waals surface area contributed by atoms with Crippen LogP contribution in [0.2, 0.25) is 0 Å². The molecule has 0 aliphatic carbocycles. The summed E-state index contributed by atoms with van der Waals surface area (Å²) in [5.74, 6) is 1.71. The Morgan fingerprint density at radius 1 is 1.32 bits per heavy atom. The van der Waals surface area contributed by atoms with Gasteiger partial charge in [-0.3, -0.25) is 19.9 Å². The highest BCUT2D eigenvalue weighted by Crippen LogP contribution is 2.19. The van der Waals surface area contributed by atoms with Gasteiger partial charge in [0.1, 0.15) is 5.76 Å². The Labute approximate surface area is 126 Å². The van der Waals surface area contributed by atoms with Crippen LogP contribution in [0, 0.1) is 20.8 Å². The fourth-order valence-electron chi connectivity index (χ4n) is 2.26. The van der Waals surface area contributed by atoms with E-state index in [4.69, 9.17) is 4.42 Å². The number of carbonyl (C=O) groups is 1. The second-order valence-electron chi connectivity index (χ2n) is 5.04. The predicted octanol–water partition coefficient (Wildman–Crippen LogP) is 1.98. The molecule has 114 valence electrons. The fraction of sp³-hybridized carbons (Fsp3) is 0.286. The molecule has 8 nitrogen and oxygen atoms in total. The maximum absolute atomic E-state index is 12.3. The zero-order valence-corrected chi connectivity index (χ0v) is 12.8. The number of carbonyl (C=O) groups excluding carboxylic acids is 1. The molecular weight excluding hydrogens is 284 g/mol. The molecule has 0 aliphatic heterocycles. The van der Waals surface area contributed by atoms with Crippen molar-refractivity contribution >= 4 is 11.9 Å². The Hall–Kier alpha value is -2.90. The van der Waals surface area contributed by atoms with Gasteiger partial charge in [-0.05, 0) is 32.9 Å². The third-order valence-corrected chi connectivity index (χ3v) is 3.42. The van der Waals surface area contributed by atoms with Crippen LogP contribution in [0.25, 0.3) is 11.6 Å². The minimum absolute atomic E-state index is 0.191. The molecule has 3 rings (SSSR count). The van der Waals surface area contributed by atoms with Gasteiger partial charge in [0.05, 0.1) is 11.3 Å². The monoisotopic (exact) mass is 300 g/mol. The second-order valence-corrected chi connectivity index (χ2v) is 5.04. The first-order valence-electron chi connectivity index (χ1n) is 6.76. The Kier molecular flexibility index (Phi) is 3.28. The summed E-state index contributed by atoms with van der Waals surface area (Å²) in [5.41, 5.74) is 1.98. The van der Waals surface area contributed by atoms with Crippen molar-refractivity contribution in [1.82, 2.24) is 25.0 Å². The highest BCUT2D eigenvalue weighted by Gasteiger charge is 2.19. The van der Waals surface area contributed by atoms with Crippen LogP contribution in [0.3, 0.4) is 0 Å². The SMILES string of the molecule is Cc1ccc(-c2nc(NC(=O)c3c(C)nn(C)c3C)n[nH]2)o1. The molecule has 0 aromatic carbocycles. The van der Waals surface area contributed by atoms with Crippen molar-refractivity contribution in [2.24, 2.45) is 7.05 Å². The maximum atomic E-state index is 12.3. The average molecular weight is 300 g/mol. The number of aromatic nitrogens is 5. The summed E-state index contributed by atoms with van der Waals surface area (Å²) in [6, 6.07) is 3.62. The molecule has 0 unspecified atom stereocenters. The number of anilines is 1. The van der Waals surface area contributed by atoms with Crippen LogP contribution in [0.5, 0.6) is 0 Å². The maximum Gasteiger partial charge on any atom is 0.261 e. The summed E-state index contributed by atoms with van der Waals surface area (Å²) in [5, 5.41) is 13.6. The zero-order valence-electron chi connectivity index (χ0n) is 12.8. The Balaban J connectivity index is 1.82. The van der Waals surface area contributed by atoms with Gasteiger partial charge < -0.3 is 4.42 Å². The molecule has 22 heavy (non-hydrogen) atoms. The van der Waals surface area contributed by atoms with Crippen LogP contribution in [-0.4, -0.2) is 30.9 Å². The number of aryl methyl sites for hydroxylation is 3. The van der Waals surface area contributed by atoms with Crippen molar-refractivity contribution in [2.75, 3.05) is 5.32 Å². The molecule has 0 saturated heterocycles. The molecule has 3 heterocycles. The fourth-order valence-corrected chi connectivity index (χ4v) is 2.26. The number of nitrogens with one attached hydrogen (secondary N) is 2. The van der Waals surface area contributed by atoms with Gasteiger partial charge in [0.25, 0.3) is 5.91 Å². The average Bonchev–Trinajstić information content (AvgIpc) is 3.12. The molecule has 3 aromatic rings. The molecule has 1 amide bonds. The van der Waals surface area contributed by atoms with Crippen molar-refractivity contribution in [3.05, 3.63) is 34.8 Å². The van der Waals surface area contributed by atoms with Gasteiger partial charge in [-0.2, -0.15) is 10.1 Å². The summed E-state index contributed by atoms with van der Waals surface area (Å²) >= 11 is 0. The topological polar surface area (TPSA) is 102 Å². The van der Waals surface area contributed by atoms with E-state index in [1.54, 1.807) is 24.7 Å². The molecule has 0 aliphatic rings. The third kappa shape index (κ3) is 2.39. The van der Waals surface area contributed by atoms with Crippen molar-refractivity contribution in [2.45, 2.75) is 20.8 Å². The Morgan fingerprint density at radius 3 is 2.68 bits per heavy atom. The summed E-state index contributed by atoms with van der Waals surface area (Å²) in [7, 11) is 1.79. The highest BCUT2D eigenvalue weighted by molar-refractivity contribution is 6.05. The van der Waals surface area contributed by atoms with Gasteiger partial charge in [-0.25, -0.2) is 0 Å². The molecule has 3 aromatic heterocycles. The molecular formula is C14H16N6O2. The van der Waals surface area contributed by atoms with Gasteiger partial charge in [-0.1, -0.05) is 0 Å². The lowest BCUT2D eigenvalue weighted by Gasteiger charge is -2.01. The lowest BCUT2D eigenvalue weighted by molar-refractivity contribution is 0.102. The molecule has 0 atom stereocenters. The van der Waals surface area contributed by atoms with Gasteiger partial charge in [0.15, 0.2) is 11.6 Å². The normalized spacial score (nSPS) is 10.9. The summed E-state index contributed by atoms with van der Waals surface area (Å²) < 4.78 is 7.12. The predicted molar refractivity (Wildman–Crippen MR) is 79.5 cm³/mol. The summed E-state index contributed by atoms with van der Waals surface area (Å²) in [6.07, 6.45) is 0. The van der Waals surface area contributed by atoms with Crippen LogP contribution in [0.4, 0.5) is 5.95 Å². The van der Waals surface area contributed by atoms with Crippen molar-refractivity contribution in [3.63, 3.8) is 0 Å². The van der Waals surface area contributed by atoms with E-state index >= 15 is 0 Å². The lowest BCUT2D eigenvalue weighted by atomic mass is 10.2. The first kappa shape index (κ1) is 14.1. The molecule has 2 N–H and O–H groups in total. The van der Waals surface area contributed by atoms with E-state index in [0.717, 1.165) is 11.5 Å². The van der Waals surface area contributed by atoms with Crippen LogP contribution in [-0.2, 0) is 7.05 Å². The number of hydrogen-bond donors (Lipinski definition) is 2. The van der Waals surface area contributed by atoms with Crippen LogP contribution < -0.4 is 5.32 Å². The van der Waals surface area contributed by atoms with E-state index in [0.29, 0.717) is 22.8 Å². The minimum Gasteiger partial charge on any atom is -0.458 e. The van der Waals surface area contributed by atoms with Crippen molar-refractivity contribution in [3.8, 4) is 11.6 Å². The zero-order chi connectivity index (χ0) is 15.9. The standard InChI is InChI=1S/C14H16N6O2/c1-7-5-6-10(22-7)12-15-14(18-17-12)16-13(21)11-8(2)19-20(4)9(11)3/h5-6H,1-4H3,(H2,15,16,17,18,21). The van der Waals surface area contributed by atoms with E-state index in [1.807, 2.05) is 19.9 Å². The smallest absolute Gasteiger partial charge is 0.261 e. The Morgan fingerprint density at radius 2 is 2.09 bits per heavy atom. The molecule has 0 fully saturated rings. The number of aromatic amines is 1. The molecule has 0 spiro atoms. The van der Waals surface area contributed by atoms with Crippen LogP contribution in [0.1, 0.15) is 27.5 Å². The lowest BCUT2D eigenvalue weighted by Crippen LogP contribution is -2.15. The first-order chi connectivity index (χ1) is 10.5. The summed E-state index contributed by atoms with van der Waals surface area (Å²) in [4.78, 5) is 16.5. The van der Waals surface area contributed by atoms with Crippen molar-refractivity contribution < 1.29 is 9.21 Å². The van der Waals surface area contributed by atoms with E-state index in [-0.39, 0.29) is 11.9 Å². The van der Waals surface area contributed by atoms with E-state index < -0.39 is 0 Å². The largest absolute Gasteiger partial charge is 0.458 e. The summed E-state index contributed by atoms with van der Waals surface area (Å²) in [6.45, 7) is 5.47. The number of hydrogen-bond acceptors (Lipinski definition) is 5. The highest BCUT2D eigenvalue weighted by atomic mass is 16.3. The second kappa shape index (κ2) is 5.14. The van der Waals surface area contributed by atoms with E-state index in [9.17, 15) is 4.79 Å². The number of nitrogens with zero attached hydrogens (tertiary/aromatic N) is 4. The molecule has 0 saturated carbocycles. The van der Waals surface area contributed by atoms with Crippen LogP contribution >= 0.6 is 0 Å². The number of furan rings is 1. The molecule has 8 heteroatoms. The van der Waals surface area contributed by atoms with E-state index in [1.165, 1.54) is 0 Å². The van der Waals surface area contributed by atoms with Gasteiger partial charge in [0, 0.05) is 12.7 Å². The van der Waals surface area contributed by atoms with Gasteiger partial charge in [-0.15, -0.1) is 5.10 Å². The molecule has 0 bridgehead atoms. The van der Waals surface area contributed by atoms with E-state index in [2.05, 4.69) is 25.6 Å². The van der Waals surface area contributed by atoms with Crippen LogP contribution in [0.15, 0.2) is 16.5 Å². The third-order valence-electron chi connectivity index (χ3n) is 3.42. The number of rotatable bonds is 3. The number of H-pyrrole nitrogens is 1. The quantitative estimate of drug-likeness (QED) is 0.770. The van der Waals surface area contributed by atoms with Gasteiger partial charge in [0.2, 0.25) is 5.95 Å².